The molecule has 2 N–H and O–H groups in total. The molecule has 0 spiro atoms. The van der Waals surface area contributed by atoms with Crippen LogP contribution in [0.25, 0.3) is 16.6 Å². The van der Waals surface area contributed by atoms with Gasteiger partial charge in [0.15, 0.2) is 5.16 Å². The molecule has 0 aliphatic carbocycles. The molecule has 0 saturated carbocycles. The van der Waals surface area contributed by atoms with Crippen molar-refractivity contribution in [2.24, 2.45) is 0 Å². The average molecular weight is 425 g/mol. The molecule has 3 amide bonds. The first-order valence-corrected chi connectivity index (χ1v) is 10.4. The molecule has 0 saturated heterocycles. The van der Waals surface area contributed by atoms with Gasteiger partial charge in [-0.05, 0) is 52.0 Å². The van der Waals surface area contributed by atoms with Crippen molar-refractivity contribution in [3.05, 3.63) is 65.0 Å². The van der Waals surface area contributed by atoms with Gasteiger partial charge in [-0.15, -0.1) is 0 Å². The van der Waals surface area contributed by atoms with E-state index in [1.807, 2.05) is 57.2 Å². The lowest BCUT2D eigenvalue weighted by molar-refractivity contribution is -0.119. The Hall–Kier alpha value is -3.13. The van der Waals surface area contributed by atoms with Crippen LogP contribution in [-0.4, -0.2) is 32.3 Å². The van der Waals surface area contributed by atoms with Gasteiger partial charge < -0.3 is 5.32 Å². The summed E-state index contributed by atoms with van der Waals surface area (Å²) in [7, 11) is 0. The van der Waals surface area contributed by atoms with Gasteiger partial charge in [0.2, 0.25) is 5.91 Å². The lowest BCUT2D eigenvalue weighted by Crippen LogP contribution is -2.49. The molecular weight excluding hydrogens is 400 g/mol. The summed E-state index contributed by atoms with van der Waals surface area (Å²) >= 11 is 1.12. The molecule has 30 heavy (non-hydrogen) atoms. The van der Waals surface area contributed by atoms with Gasteiger partial charge in [0, 0.05) is 5.54 Å². The minimum atomic E-state index is -0.654. The minimum absolute atomic E-state index is 0.215. The summed E-state index contributed by atoms with van der Waals surface area (Å²) in [5, 5.41) is 5.25. The number of urea groups is 1. The average Bonchev–Trinajstić information content (AvgIpc) is 2.67. The number of aromatic nitrogens is 2. The van der Waals surface area contributed by atoms with E-state index in [9.17, 15) is 14.4 Å². The second-order valence-corrected chi connectivity index (χ2v) is 9.15. The molecule has 1 aromatic heterocycles. The Balaban J connectivity index is 1.94. The Morgan fingerprint density at radius 3 is 2.33 bits per heavy atom. The number of hydrogen-bond donors (Lipinski definition) is 2. The molecule has 0 aliphatic heterocycles. The Morgan fingerprint density at radius 1 is 1.03 bits per heavy atom. The number of benzene rings is 2. The van der Waals surface area contributed by atoms with Gasteiger partial charge in [-0.2, -0.15) is 0 Å². The molecule has 0 bridgehead atoms. The molecule has 8 heteroatoms. The number of carbonyl (C=O) groups excluding carboxylic acids is 2. The van der Waals surface area contributed by atoms with E-state index in [2.05, 4.69) is 15.6 Å². The molecule has 1 unspecified atom stereocenters. The number of thioether (sulfide) groups is 1. The molecular formula is C22H24N4O3S. The van der Waals surface area contributed by atoms with Crippen LogP contribution in [0.5, 0.6) is 0 Å². The highest BCUT2D eigenvalue weighted by Gasteiger charge is 2.23. The van der Waals surface area contributed by atoms with E-state index >= 15 is 0 Å². The number of nitrogens with zero attached hydrogens (tertiary/aromatic N) is 2. The fourth-order valence-corrected chi connectivity index (χ4v) is 3.72. The van der Waals surface area contributed by atoms with Gasteiger partial charge in [-0.3, -0.25) is 19.5 Å². The maximum atomic E-state index is 13.2. The summed E-state index contributed by atoms with van der Waals surface area (Å²) in [6, 6.07) is 15.7. The Kier molecular flexibility index (Phi) is 6.26. The summed E-state index contributed by atoms with van der Waals surface area (Å²) in [6.45, 7) is 7.15. The zero-order chi connectivity index (χ0) is 21.9. The predicted molar refractivity (Wildman–Crippen MR) is 119 cm³/mol. The van der Waals surface area contributed by atoms with E-state index in [1.54, 1.807) is 25.1 Å². The van der Waals surface area contributed by atoms with Crippen molar-refractivity contribution < 1.29 is 9.59 Å². The van der Waals surface area contributed by atoms with Crippen LogP contribution in [0.3, 0.4) is 0 Å². The summed E-state index contributed by atoms with van der Waals surface area (Å²) in [6.07, 6.45) is 0. The van der Waals surface area contributed by atoms with Crippen molar-refractivity contribution >= 4 is 34.6 Å². The number of amides is 3. The zero-order valence-electron chi connectivity index (χ0n) is 17.3. The van der Waals surface area contributed by atoms with E-state index in [1.165, 1.54) is 4.57 Å². The smallest absolute Gasteiger partial charge is 0.321 e. The predicted octanol–water partition coefficient (Wildman–Crippen LogP) is 3.49. The van der Waals surface area contributed by atoms with Gasteiger partial charge in [0.1, 0.15) is 0 Å². The number of rotatable bonds is 4. The Labute approximate surface area is 178 Å². The van der Waals surface area contributed by atoms with Crippen LogP contribution in [0.15, 0.2) is 64.5 Å². The lowest BCUT2D eigenvalue weighted by Gasteiger charge is -2.21. The van der Waals surface area contributed by atoms with Crippen molar-refractivity contribution in [2.75, 3.05) is 0 Å². The Bertz CT molecular complexity index is 1140. The molecule has 3 aromatic rings. The maximum Gasteiger partial charge on any atom is 0.321 e. The first kappa shape index (κ1) is 21.6. The molecule has 0 radical (unpaired) electrons. The number of carbonyl (C=O) groups is 2. The highest BCUT2D eigenvalue weighted by atomic mass is 32.2. The van der Waals surface area contributed by atoms with Crippen molar-refractivity contribution in [3.8, 4) is 5.69 Å². The third-order valence-electron chi connectivity index (χ3n) is 4.14. The van der Waals surface area contributed by atoms with Crippen LogP contribution in [-0.2, 0) is 4.79 Å². The number of para-hydroxylation sites is 2. The van der Waals surface area contributed by atoms with Crippen LogP contribution < -0.4 is 16.2 Å². The van der Waals surface area contributed by atoms with Gasteiger partial charge in [0.25, 0.3) is 5.56 Å². The second-order valence-electron chi connectivity index (χ2n) is 7.84. The molecule has 1 atom stereocenters. The standard InChI is InChI=1S/C22H24N4O3S/c1-14(18(27)24-20(29)25-22(2,3)4)30-21-23-17-13-9-8-12-16(17)19(28)26(21)15-10-6-5-7-11-15/h5-14H,1-4H3,(H2,24,25,27,29). The van der Waals surface area contributed by atoms with Crippen LogP contribution in [0.4, 0.5) is 4.79 Å². The molecule has 2 aromatic carbocycles. The van der Waals surface area contributed by atoms with Gasteiger partial charge in [-0.25, -0.2) is 9.78 Å². The van der Waals surface area contributed by atoms with Crippen LogP contribution in [0.2, 0.25) is 0 Å². The van der Waals surface area contributed by atoms with Crippen LogP contribution in [0, 0.1) is 0 Å². The van der Waals surface area contributed by atoms with E-state index in [-0.39, 0.29) is 5.56 Å². The Morgan fingerprint density at radius 2 is 1.67 bits per heavy atom. The van der Waals surface area contributed by atoms with E-state index in [0.29, 0.717) is 21.7 Å². The molecule has 0 fully saturated rings. The monoisotopic (exact) mass is 424 g/mol. The fourth-order valence-electron chi connectivity index (χ4n) is 2.79. The van der Waals surface area contributed by atoms with Crippen LogP contribution in [0.1, 0.15) is 27.7 Å². The quantitative estimate of drug-likeness (QED) is 0.494. The van der Waals surface area contributed by atoms with Crippen molar-refractivity contribution in [3.63, 3.8) is 0 Å². The first-order valence-electron chi connectivity index (χ1n) is 9.52. The summed E-state index contributed by atoms with van der Waals surface area (Å²) in [5.74, 6) is -0.469. The number of imide groups is 1. The number of hydrogen-bond acceptors (Lipinski definition) is 5. The van der Waals surface area contributed by atoms with E-state index < -0.39 is 22.7 Å². The van der Waals surface area contributed by atoms with Gasteiger partial charge in [-0.1, -0.05) is 42.1 Å². The van der Waals surface area contributed by atoms with E-state index in [4.69, 9.17) is 0 Å². The van der Waals surface area contributed by atoms with Crippen LogP contribution >= 0.6 is 11.8 Å². The van der Waals surface area contributed by atoms with Crippen molar-refractivity contribution in [1.82, 2.24) is 20.2 Å². The van der Waals surface area contributed by atoms with Crippen molar-refractivity contribution in [2.45, 2.75) is 43.6 Å². The SMILES string of the molecule is CC(Sc1nc2ccccc2c(=O)n1-c1ccccc1)C(=O)NC(=O)NC(C)(C)C. The van der Waals surface area contributed by atoms with Gasteiger partial charge >= 0.3 is 6.03 Å². The van der Waals surface area contributed by atoms with Crippen molar-refractivity contribution in [1.29, 1.82) is 0 Å². The lowest BCUT2D eigenvalue weighted by atomic mass is 10.1. The number of nitrogens with one attached hydrogen (secondary N) is 2. The number of fused-ring (bicyclic) bond motifs is 1. The van der Waals surface area contributed by atoms with E-state index in [0.717, 1.165) is 11.8 Å². The normalized spacial score (nSPS) is 12.4. The fraction of sp³-hybridized carbons (Fsp3) is 0.273. The molecule has 0 aliphatic rings. The topological polar surface area (TPSA) is 93.1 Å². The molecule has 156 valence electrons. The molecule has 7 nitrogen and oxygen atoms in total. The first-order chi connectivity index (χ1) is 14.2. The largest absolute Gasteiger partial charge is 0.333 e. The molecule has 1 heterocycles. The zero-order valence-corrected chi connectivity index (χ0v) is 18.1. The summed E-state index contributed by atoms with van der Waals surface area (Å²) in [4.78, 5) is 42.4. The van der Waals surface area contributed by atoms with Gasteiger partial charge in [0.05, 0.1) is 21.8 Å². The maximum absolute atomic E-state index is 13.2. The third kappa shape index (κ3) is 5.07. The second kappa shape index (κ2) is 8.71. The summed E-state index contributed by atoms with van der Waals surface area (Å²) in [5.41, 5.74) is 0.526. The minimum Gasteiger partial charge on any atom is -0.333 e. The highest BCUT2D eigenvalue weighted by Crippen LogP contribution is 2.25. The molecule has 3 rings (SSSR count). The highest BCUT2D eigenvalue weighted by molar-refractivity contribution is 8.00. The third-order valence-corrected chi connectivity index (χ3v) is 5.19. The summed E-state index contributed by atoms with van der Waals surface area (Å²) < 4.78 is 1.49.